The van der Waals surface area contributed by atoms with Gasteiger partial charge >= 0.3 is 0 Å². The second-order valence-corrected chi connectivity index (χ2v) is 6.11. The first-order valence-electron chi connectivity index (χ1n) is 8.57. The summed E-state index contributed by atoms with van der Waals surface area (Å²) in [5.74, 6) is 0.536. The largest absolute Gasteiger partial charge is 0.494 e. The molecule has 0 saturated carbocycles. The Hall–Kier alpha value is -3.09. The minimum absolute atomic E-state index is 0.0187. The molecule has 1 unspecified atom stereocenters. The maximum atomic E-state index is 12.5. The van der Waals surface area contributed by atoms with Gasteiger partial charge in [-0.25, -0.2) is 9.50 Å². The number of amides is 1. The van der Waals surface area contributed by atoms with E-state index in [-0.39, 0.29) is 23.9 Å². The van der Waals surface area contributed by atoms with Gasteiger partial charge in [0.25, 0.3) is 5.56 Å². The fourth-order valence-corrected chi connectivity index (χ4v) is 2.89. The van der Waals surface area contributed by atoms with Gasteiger partial charge in [0.15, 0.2) is 5.65 Å². The van der Waals surface area contributed by atoms with E-state index in [0.717, 1.165) is 11.3 Å². The second kappa shape index (κ2) is 7.43. The number of fused-ring (bicyclic) bond motifs is 1. The third-order valence-electron chi connectivity index (χ3n) is 4.23. The van der Waals surface area contributed by atoms with E-state index >= 15 is 0 Å². The zero-order valence-corrected chi connectivity index (χ0v) is 15.1. The molecule has 0 aliphatic heterocycles. The summed E-state index contributed by atoms with van der Waals surface area (Å²) in [5, 5.41) is 5.74. The third-order valence-corrected chi connectivity index (χ3v) is 4.23. The highest BCUT2D eigenvalue weighted by Gasteiger charge is 2.16. The predicted octanol–water partition coefficient (Wildman–Crippen LogP) is 2.15. The highest BCUT2D eigenvalue weighted by atomic mass is 16.5. The van der Waals surface area contributed by atoms with Crippen LogP contribution in [0.5, 0.6) is 5.75 Å². The van der Waals surface area contributed by atoms with E-state index in [9.17, 15) is 9.59 Å². The van der Waals surface area contributed by atoms with Crippen LogP contribution in [0.15, 0.2) is 41.3 Å². The van der Waals surface area contributed by atoms with E-state index in [1.165, 1.54) is 4.52 Å². The SMILES string of the molecule is CCOc1cccc(C(C)NC(=O)Cc2c(C)nc3cc[nH]n3c2=O)c1. The van der Waals surface area contributed by atoms with Crippen LogP contribution in [0, 0.1) is 6.92 Å². The van der Waals surface area contributed by atoms with Gasteiger partial charge in [-0.05, 0) is 38.5 Å². The number of aromatic amines is 1. The Balaban J connectivity index is 1.75. The number of ether oxygens (including phenoxy) is 1. The number of aryl methyl sites for hydroxylation is 1. The topological polar surface area (TPSA) is 88.5 Å². The highest BCUT2D eigenvalue weighted by molar-refractivity contribution is 5.79. The van der Waals surface area contributed by atoms with Gasteiger partial charge in [0.1, 0.15) is 5.75 Å². The monoisotopic (exact) mass is 354 g/mol. The molecule has 3 rings (SSSR count). The average Bonchev–Trinajstić information content (AvgIpc) is 3.07. The van der Waals surface area contributed by atoms with Gasteiger partial charge in [0, 0.05) is 23.5 Å². The lowest BCUT2D eigenvalue weighted by Gasteiger charge is -2.16. The molecule has 26 heavy (non-hydrogen) atoms. The first-order valence-corrected chi connectivity index (χ1v) is 8.57. The molecule has 0 saturated heterocycles. The lowest BCUT2D eigenvalue weighted by Crippen LogP contribution is -2.32. The van der Waals surface area contributed by atoms with E-state index in [1.54, 1.807) is 19.2 Å². The Morgan fingerprint density at radius 3 is 2.96 bits per heavy atom. The van der Waals surface area contributed by atoms with Crippen LogP contribution in [-0.4, -0.2) is 27.1 Å². The van der Waals surface area contributed by atoms with Crippen molar-refractivity contribution < 1.29 is 9.53 Å². The van der Waals surface area contributed by atoms with Crippen LogP contribution >= 0.6 is 0 Å². The molecule has 2 N–H and O–H groups in total. The molecule has 7 heteroatoms. The summed E-state index contributed by atoms with van der Waals surface area (Å²) in [6.45, 7) is 6.15. The standard InChI is InChI=1S/C19H22N4O3/c1-4-26-15-7-5-6-14(10-15)12(2)22-18(24)11-16-13(3)21-17-8-9-20-23(17)19(16)25/h5-10,12,20H,4,11H2,1-3H3,(H,22,24). The zero-order chi connectivity index (χ0) is 18.7. The summed E-state index contributed by atoms with van der Waals surface area (Å²) in [4.78, 5) is 29.3. The number of nitrogens with one attached hydrogen (secondary N) is 2. The van der Waals surface area contributed by atoms with Gasteiger partial charge in [-0.2, -0.15) is 0 Å². The Bertz CT molecular complexity index is 990. The van der Waals surface area contributed by atoms with Crippen molar-refractivity contribution >= 4 is 11.6 Å². The van der Waals surface area contributed by atoms with Crippen LogP contribution < -0.4 is 15.6 Å². The van der Waals surface area contributed by atoms with Gasteiger partial charge in [-0.15, -0.1) is 0 Å². The summed E-state index contributed by atoms with van der Waals surface area (Å²) in [6, 6.07) is 9.12. The third kappa shape index (κ3) is 3.61. The minimum atomic E-state index is -0.251. The second-order valence-electron chi connectivity index (χ2n) is 6.11. The number of H-pyrrole nitrogens is 1. The molecule has 2 aromatic heterocycles. The van der Waals surface area contributed by atoms with Crippen molar-refractivity contribution in [1.82, 2.24) is 19.9 Å². The normalized spacial score (nSPS) is 12.1. The van der Waals surface area contributed by atoms with Crippen molar-refractivity contribution in [2.45, 2.75) is 33.2 Å². The van der Waals surface area contributed by atoms with Crippen molar-refractivity contribution in [2.24, 2.45) is 0 Å². The lowest BCUT2D eigenvalue weighted by atomic mass is 10.1. The molecule has 0 aliphatic carbocycles. The van der Waals surface area contributed by atoms with Gasteiger partial charge in [-0.3, -0.25) is 14.7 Å². The Kier molecular flexibility index (Phi) is 5.06. The van der Waals surface area contributed by atoms with Gasteiger partial charge < -0.3 is 10.1 Å². The van der Waals surface area contributed by atoms with Crippen molar-refractivity contribution in [1.29, 1.82) is 0 Å². The highest BCUT2D eigenvalue weighted by Crippen LogP contribution is 2.19. The molecule has 0 fully saturated rings. The molecule has 0 spiro atoms. The van der Waals surface area contributed by atoms with Crippen LogP contribution in [0.1, 0.15) is 36.7 Å². The van der Waals surface area contributed by atoms with E-state index in [2.05, 4.69) is 15.4 Å². The molecule has 0 aliphatic rings. The first kappa shape index (κ1) is 17.7. The molecule has 1 aromatic carbocycles. The van der Waals surface area contributed by atoms with Crippen molar-refractivity contribution in [2.75, 3.05) is 6.61 Å². The Morgan fingerprint density at radius 1 is 1.38 bits per heavy atom. The quantitative estimate of drug-likeness (QED) is 0.710. The number of rotatable bonds is 6. The van der Waals surface area contributed by atoms with Gasteiger partial charge in [-0.1, -0.05) is 12.1 Å². The lowest BCUT2D eigenvalue weighted by molar-refractivity contribution is -0.121. The molecule has 136 valence electrons. The van der Waals surface area contributed by atoms with Crippen molar-refractivity contribution in [3.63, 3.8) is 0 Å². The maximum absolute atomic E-state index is 12.5. The van der Waals surface area contributed by atoms with Gasteiger partial charge in [0.2, 0.25) is 5.91 Å². The molecule has 0 bridgehead atoms. The molecule has 2 heterocycles. The number of aromatic nitrogens is 3. The Labute approximate surface area is 151 Å². The molecule has 1 amide bonds. The first-order chi connectivity index (χ1) is 12.5. The van der Waals surface area contributed by atoms with Crippen LogP contribution in [0.4, 0.5) is 0 Å². The summed E-state index contributed by atoms with van der Waals surface area (Å²) in [7, 11) is 0. The van der Waals surface area contributed by atoms with E-state index < -0.39 is 0 Å². The Morgan fingerprint density at radius 2 is 2.19 bits per heavy atom. The number of carbonyl (C=O) groups is 1. The molecular formula is C19H22N4O3. The molecule has 1 atom stereocenters. The van der Waals surface area contributed by atoms with Crippen molar-refractivity contribution in [3.05, 3.63) is 63.7 Å². The predicted molar refractivity (Wildman–Crippen MR) is 98.4 cm³/mol. The molecular weight excluding hydrogens is 332 g/mol. The fraction of sp³-hybridized carbons (Fsp3) is 0.316. The molecule has 3 aromatic rings. The summed E-state index contributed by atoms with van der Waals surface area (Å²) < 4.78 is 6.83. The summed E-state index contributed by atoms with van der Waals surface area (Å²) in [6.07, 6.45) is 1.62. The smallest absolute Gasteiger partial charge is 0.276 e. The number of hydrogen-bond donors (Lipinski definition) is 2. The van der Waals surface area contributed by atoms with Gasteiger partial charge in [0.05, 0.1) is 19.1 Å². The number of hydrogen-bond acceptors (Lipinski definition) is 4. The molecule has 0 radical (unpaired) electrons. The maximum Gasteiger partial charge on any atom is 0.276 e. The zero-order valence-electron chi connectivity index (χ0n) is 15.1. The summed E-state index contributed by atoms with van der Waals surface area (Å²) >= 11 is 0. The van der Waals surface area contributed by atoms with Crippen LogP contribution in [0.25, 0.3) is 5.65 Å². The number of benzene rings is 1. The number of nitrogens with zero attached hydrogens (tertiary/aromatic N) is 2. The van der Waals surface area contributed by atoms with E-state index in [0.29, 0.717) is 23.5 Å². The van der Waals surface area contributed by atoms with E-state index in [4.69, 9.17) is 4.74 Å². The van der Waals surface area contributed by atoms with Crippen LogP contribution in [-0.2, 0) is 11.2 Å². The number of carbonyl (C=O) groups excluding carboxylic acids is 1. The van der Waals surface area contributed by atoms with Crippen LogP contribution in [0.3, 0.4) is 0 Å². The van der Waals surface area contributed by atoms with Crippen molar-refractivity contribution in [3.8, 4) is 5.75 Å². The van der Waals surface area contributed by atoms with E-state index in [1.807, 2.05) is 38.1 Å². The van der Waals surface area contributed by atoms with Crippen LogP contribution in [0.2, 0.25) is 0 Å². The summed E-state index contributed by atoms with van der Waals surface area (Å²) in [5.41, 5.74) is 2.18. The minimum Gasteiger partial charge on any atom is -0.494 e. The molecule has 7 nitrogen and oxygen atoms in total. The fourth-order valence-electron chi connectivity index (χ4n) is 2.89. The average molecular weight is 354 g/mol.